The first-order valence-corrected chi connectivity index (χ1v) is 10.8. The lowest BCUT2D eigenvalue weighted by atomic mass is 10.1. The second-order valence-corrected chi connectivity index (χ2v) is 7.69. The molecule has 0 fully saturated rings. The van der Waals surface area contributed by atoms with Crippen LogP contribution < -0.4 is 10.2 Å². The smallest absolute Gasteiger partial charge is 0.244 e. The minimum absolute atomic E-state index is 0.187. The third-order valence-corrected chi connectivity index (χ3v) is 5.39. The number of thiophene rings is 1. The van der Waals surface area contributed by atoms with E-state index in [0.29, 0.717) is 6.61 Å². The van der Waals surface area contributed by atoms with E-state index in [1.807, 2.05) is 89.9 Å². The van der Waals surface area contributed by atoms with Crippen LogP contribution in [0.15, 0.2) is 83.4 Å². The van der Waals surface area contributed by atoms with Gasteiger partial charge in [0.1, 0.15) is 11.4 Å². The van der Waals surface area contributed by atoms with Gasteiger partial charge in [0.05, 0.1) is 29.8 Å². The zero-order valence-electron chi connectivity index (χ0n) is 17.1. The highest BCUT2D eigenvalue weighted by molar-refractivity contribution is 7.13. The Hall–Kier alpha value is -3.71. The monoisotopic (exact) mass is 430 g/mol. The van der Waals surface area contributed by atoms with E-state index in [-0.39, 0.29) is 12.3 Å². The summed E-state index contributed by atoms with van der Waals surface area (Å²) in [6.07, 6.45) is 3.79. The fourth-order valence-electron chi connectivity index (χ4n) is 3.07. The Morgan fingerprint density at radius 1 is 1.13 bits per heavy atom. The van der Waals surface area contributed by atoms with Gasteiger partial charge in [-0.1, -0.05) is 36.4 Å². The number of hydrogen-bond donors (Lipinski definition) is 1. The van der Waals surface area contributed by atoms with E-state index in [9.17, 15) is 4.79 Å². The molecule has 1 N–H and O–H groups in total. The highest BCUT2D eigenvalue weighted by Crippen LogP contribution is 2.26. The van der Waals surface area contributed by atoms with Crippen LogP contribution in [-0.4, -0.2) is 28.5 Å². The molecule has 4 rings (SSSR count). The van der Waals surface area contributed by atoms with Crippen LogP contribution in [0.25, 0.3) is 16.3 Å². The normalized spacial score (nSPS) is 11.0. The van der Waals surface area contributed by atoms with E-state index in [0.717, 1.165) is 33.1 Å². The molecule has 0 spiro atoms. The van der Waals surface area contributed by atoms with Crippen molar-refractivity contribution in [2.75, 3.05) is 6.61 Å². The fourth-order valence-corrected chi connectivity index (χ4v) is 3.80. The Labute approximate surface area is 184 Å². The molecule has 2 heterocycles. The van der Waals surface area contributed by atoms with Crippen LogP contribution in [0.4, 0.5) is 0 Å². The molecule has 0 bridgehead atoms. The van der Waals surface area contributed by atoms with Gasteiger partial charge >= 0.3 is 0 Å². The molecular weight excluding hydrogens is 408 g/mol. The van der Waals surface area contributed by atoms with E-state index in [2.05, 4.69) is 10.5 Å². The first kappa shape index (κ1) is 20.6. The van der Waals surface area contributed by atoms with Crippen molar-refractivity contribution in [3.8, 4) is 22.0 Å². The maximum Gasteiger partial charge on any atom is 0.244 e. The van der Waals surface area contributed by atoms with E-state index >= 15 is 0 Å². The average molecular weight is 431 g/mol. The van der Waals surface area contributed by atoms with Crippen molar-refractivity contribution in [3.05, 3.63) is 89.4 Å². The lowest BCUT2D eigenvalue weighted by molar-refractivity contribution is -0.120. The van der Waals surface area contributed by atoms with Gasteiger partial charge < -0.3 is 4.74 Å². The molecule has 2 aromatic heterocycles. The highest BCUT2D eigenvalue weighted by Gasteiger charge is 2.12. The van der Waals surface area contributed by atoms with Crippen LogP contribution in [0.2, 0.25) is 0 Å². The Morgan fingerprint density at radius 2 is 1.94 bits per heavy atom. The number of benzene rings is 2. The molecule has 156 valence electrons. The second kappa shape index (κ2) is 9.86. The number of hydrazone groups is 1. The molecule has 0 aliphatic rings. The van der Waals surface area contributed by atoms with Gasteiger partial charge in [0.15, 0.2) is 0 Å². The molecule has 0 saturated heterocycles. The minimum atomic E-state index is -0.187. The number of para-hydroxylation sites is 1. The molecule has 0 aliphatic carbocycles. The first-order valence-electron chi connectivity index (χ1n) is 9.95. The zero-order valence-corrected chi connectivity index (χ0v) is 17.9. The van der Waals surface area contributed by atoms with Crippen LogP contribution in [0.5, 0.6) is 5.75 Å². The molecule has 31 heavy (non-hydrogen) atoms. The second-order valence-electron chi connectivity index (χ2n) is 6.74. The minimum Gasteiger partial charge on any atom is -0.494 e. The molecule has 0 radical (unpaired) electrons. The summed E-state index contributed by atoms with van der Waals surface area (Å²) in [6, 6.07) is 21.4. The van der Waals surface area contributed by atoms with Crippen LogP contribution in [0.1, 0.15) is 18.1 Å². The lowest BCUT2D eigenvalue weighted by Crippen LogP contribution is -2.19. The van der Waals surface area contributed by atoms with Crippen molar-refractivity contribution in [2.45, 2.75) is 13.3 Å². The Bertz CT molecular complexity index is 1150. The predicted molar refractivity (Wildman–Crippen MR) is 124 cm³/mol. The topological polar surface area (TPSA) is 68.5 Å². The van der Waals surface area contributed by atoms with Gasteiger partial charge in [0.25, 0.3) is 0 Å². The number of nitrogens with zero attached hydrogens (tertiary/aromatic N) is 3. The Balaban J connectivity index is 1.46. The van der Waals surface area contributed by atoms with Crippen molar-refractivity contribution in [3.63, 3.8) is 0 Å². The molecule has 4 aromatic rings. The Kier molecular flexibility index (Phi) is 6.54. The van der Waals surface area contributed by atoms with Gasteiger partial charge in [-0.3, -0.25) is 4.79 Å². The largest absolute Gasteiger partial charge is 0.494 e. The van der Waals surface area contributed by atoms with Gasteiger partial charge in [0.2, 0.25) is 5.91 Å². The highest BCUT2D eigenvalue weighted by atomic mass is 32.1. The number of hydrogen-bond acceptors (Lipinski definition) is 5. The van der Waals surface area contributed by atoms with Crippen molar-refractivity contribution < 1.29 is 9.53 Å². The standard InChI is InChI=1S/C24H22N4O2S/c1-2-30-21-12-10-18(11-13-21)15-23(29)26-25-16-19-17-28(20-7-4-3-5-8-20)27-24(19)22-9-6-14-31-22/h3-14,16-17H,2,15H2,1H3,(H,26,29)/b25-16-. The maximum atomic E-state index is 12.3. The SMILES string of the molecule is CCOc1ccc(CC(=O)N/N=C\c2cn(-c3ccccc3)nc2-c2cccs2)cc1. The first-order chi connectivity index (χ1) is 15.2. The lowest BCUT2D eigenvalue weighted by Gasteiger charge is -2.04. The van der Waals surface area contributed by atoms with Gasteiger partial charge in [-0.05, 0) is 48.2 Å². The number of aromatic nitrogens is 2. The summed E-state index contributed by atoms with van der Waals surface area (Å²) in [6.45, 7) is 2.55. The third-order valence-electron chi connectivity index (χ3n) is 4.51. The fraction of sp³-hybridized carbons (Fsp3) is 0.125. The van der Waals surface area contributed by atoms with E-state index in [1.54, 1.807) is 17.6 Å². The number of ether oxygens (including phenoxy) is 1. The summed E-state index contributed by atoms with van der Waals surface area (Å²) in [7, 11) is 0. The zero-order chi connectivity index (χ0) is 21.5. The number of rotatable bonds is 8. The quantitative estimate of drug-likeness (QED) is 0.326. The van der Waals surface area contributed by atoms with Gasteiger partial charge in [-0.15, -0.1) is 11.3 Å². The summed E-state index contributed by atoms with van der Waals surface area (Å²) >= 11 is 1.61. The van der Waals surface area contributed by atoms with E-state index in [4.69, 9.17) is 9.84 Å². The van der Waals surface area contributed by atoms with Gasteiger partial charge in [-0.25, -0.2) is 10.1 Å². The molecular formula is C24H22N4O2S. The summed E-state index contributed by atoms with van der Waals surface area (Å²) in [5, 5.41) is 10.9. The van der Waals surface area contributed by atoms with Crippen LogP contribution >= 0.6 is 11.3 Å². The molecule has 1 amide bonds. The average Bonchev–Trinajstić information content (AvgIpc) is 3.46. The van der Waals surface area contributed by atoms with E-state index < -0.39 is 0 Å². The van der Waals surface area contributed by atoms with E-state index in [1.165, 1.54) is 0 Å². The van der Waals surface area contributed by atoms with Crippen molar-refractivity contribution in [1.82, 2.24) is 15.2 Å². The van der Waals surface area contributed by atoms with Crippen molar-refractivity contribution in [2.24, 2.45) is 5.10 Å². The number of nitrogens with one attached hydrogen (secondary N) is 1. The number of carbonyl (C=O) groups is 1. The molecule has 0 atom stereocenters. The Morgan fingerprint density at radius 3 is 2.65 bits per heavy atom. The number of carbonyl (C=O) groups excluding carboxylic acids is 1. The summed E-state index contributed by atoms with van der Waals surface area (Å²) in [5.74, 6) is 0.606. The predicted octanol–water partition coefficient (Wildman–Crippen LogP) is 4.69. The third kappa shape index (κ3) is 5.26. The molecule has 2 aromatic carbocycles. The molecule has 7 heteroatoms. The molecule has 0 unspecified atom stereocenters. The van der Waals surface area contributed by atoms with Gasteiger partial charge in [-0.2, -0.15) is 10.2 Å². The molecule has 0 aliphatic heterocycles. The number of amides is 1. The van der Waals surface area contributed by atoms with Crippen molar-refractivity contribution >= 4 is 23.5 Å². The van der Waals surface area contributed by atoms with Crippen LogP contribution in [-0.2, 0) is 11.2 Å². The van der Waals surface area contributed by atoms with Crippen LogP contribution in [0, 0.1) is 0 Å². The van der Waals surface area contributed by atoms with Crippen LogP contribution in [0.3, 0.4) is 0 Å². The molecule has 6 nitrogen and oxygen atoms in total. The summed E-state index contributed by atoms with van der Waals surface area (Å²) in [5.41, 5.74) is 6.11. The van der Waals surface area contributed by atoms with Crippen molar-refractivity contribution in [1.29, 1.82) is 0 Å². The summed E-state index contributed by atoms with van der Waals surface area (Å²) < 4.78 is 7.24. The molecule has 0 saturated carbocycles. The maximum absolute atomic E-state index is 12.3. The summed E-state index contributed by atoms with van der Waals surface area (Å²) in [4.78, 5) is 13.3. The van der Waals surface area contributed by atoms with Gasteiger partial charge in [0, 0.05) is 11.8 Å².